The third-order valence-electron chi connectivity index (χ3n) is 3.05. The van der Waals surface area contributed by atoms with Gasteiger partial charge < -0.3 is 9.30 Å². The van der Waals surface area contributed by atoms with Gasteiger partial charge in [-0.15, -0.1) is 11.6 Å². The lowest BCUT2D eigenvalue weighted by atomic mass is 10.2. The standard InChI is InChI=1S/C14H18Cl2N2O/c1-10(9-19-2)8-18-13-4-3-11(16)7-12(13)17-14(18)5-6-15/h3-4,7,10H,5-6,8-9H2,1-2H3. The summed E-state index contributed by atoms with van der Waals surface area (Å²) < 4.78 is 7.42. The van der Waals surface area contributed by atoms with Crippen LogP contribution in [0.4, 0.5) is 0 Å². The van der Waals surface area contributed by atoms with Crippen LogP contribution in [0.1, 0.15) is 12.7 Å². The summed E-state index contributed by atoms with van der Waals surface area (Å²) in [6.07, 6.45) is 0.757. The second kappa shape index (κ2) is 6.60. The summed E-state index contributed by atoms with van der Waals surface area (Å²) >= 11 is 11.9. The molecule has 0 amide bonds. The monoisotopic (exact) mass is 300 g/mol. The van der Waals surface area contributed by atoms with E-state index in [-0.39, 0.29) is 0 Å². The summed E-state index contributed by atoms with van der Waals surface area (Å²) in [5, 5.41) is 0.708. The molecule has 3 nitrogen and oxygen atoms in total. The highest BCUT2D eigenvalue weighted by Crippen LogP contribution is 2.22. The zero-order valence-corrected chi connectivity index (χ0v) is 12.7. The largest absolute Gasteiger partial charge is 0.384 e. The lowest BCUT2D eigenvalue weighted by Crippen LogP contribution is -2.15. The molecule has 1 aromatic heterocycles. The van der Waals surface area contributed by atoms with Gasteiger partial charge in [0.15, 0.2) is 0 Å². The van der Waals surface area contributed by atoms with Crippen molar-refractivity contribution in [1.29, 1.82) is 0 Å². The van der Waals surface area contributed by atoms with Crippen molar-refractivity contribution in [2.45, 2.75) is 19.9 Å². The molecule has 5 heteroatoms. The Labute approximate surface area is 123 Å². The number of aromatic nitrogens is 2. The molecule has 1 unspecified atom stereocenters. The van der Waals surface area contributed by atoms with Gasteiger partial charge in [-0.1, -0.05) is 18.5 Å². The molecule has 0 spiro atoms. The predicted octanol–water partition coefficient (Wildman–Crippen LogP) is 3.75. The van der Waals surface area contributed by atoms with Crippen LogP contribution in [0, 0.1) is 5.92 Å². The van der Waals surface area contributed by atoms with Crippen LogP contribution < -0.4 is 0 Å². The van der Waals surface area contributed by atoms with Crippen molar-refractivity contribution >= 4 is 34.2 Å². The van der Waals surface area contributed by atoms with E-state index in [9.17, 15) is 0 Å². The average Bonchev–Trinajstić information content (AvgIpc) is 2.67. The van der Waals surface area contributed by atoms with E-state index in [1.807, 2.05) is 18.2 Å². The molecule has 0 fully saturated rings. The van der Waals surface area contributed by atoms with Gasteiger partial charge >= 0.3 is 0 Å². The van der Waals surface area contributed by atoms with Gasteiger partial charge in [0.25, 0.3) is 0 Å². The molecule has 0 radical (unpaired) electrons. The molecule has 104 valence electrons. The summed E-state index contributed by atoms with van der Waals surface area (Å²) in [4.78, 5) is 4.63. The third kappa shape index (κ3) is 3.41. The molecule has 2 rings (SSSR count). The molecule has 0 aliphatic carbocycles. The third-order valence-corrected chi connectivity index (χ3v) is 3.48. The lowest BCUT2D eigenvalue weighted by molar-refractivity contribution is 0.151. The molecule has 1 aromatic carbocycles. The molecule has 1 heterocycles. The van der Waals surface area contributed by atoms with Crippen LogP contribution in [0.2, 0.25) is 5.02 Å². The number of alkyl halides is 1. The number of ether oxygens (including phenoxy) is 1. The van der Waals surface area contributed by atoms with Crippen LogP contribution in [0.5, 0.6) is 0 Å². The molecule has 0 N–H and O–H groups in total. The van der Waals surface area contributed by atoms with E-state index < -0.39 is 0 Å². The number of fused-ring (bicyclic) bond motifs is 1. The summed E-state index contributed by atoms with van der Waals surface area (Å²) in [6.45, 7) is 3.77. The molecular weight excluding hydrogens is 283 g/mol. The first-order chi connectivity index (χ1) is 9.15. The fourth-order valence-corrected chi connectivity index (χ4v) is 2.62. The van der Waals surface area contributed by atoms with E-state index >= 15 is 0 Å². The zero-order valence-electron chi connectivity index (χ0n) is 11.2. The highest BCUT2D eigenvalue weighted by Gasteiger charge is 2.13. The molecule has 2 aromatic rings. The van der Waals surface area contributed by atoms with Crippen molar-refractivity contribution in [2.75, 3.05) is 19.6 Å². The number of hydrogen-bond acceptors (Lipinski definition) is 2. The minimum atomic E-state index is 0.423. The molecule has 0 saturated carbocycles. The van der Waals surface area contributed by atoms with E-state index in [1.54, 1.807) is 7.11 Å². The Morgan fingerprint density at radius 2 is 2.21 bits per heavy atom. The minimum Gasteiger partial charge on any atom is -0.384 e. The molecule has 19 heavy (non-hydrogen) atoms. The van der Waals surface area contributed by atoms with Crippen molar-refractivity contribution in [2.24, 2.45) is 5.92 Å². The van der Waals surface area contributed by atoms with Crippen LogP contribution in [-0.2, 0) is 17.7 Å². The number of nitrogens with zero attached hydrogens (tertiary/aromatic N) is 2. The smallest absolute Gasteiger partial charge is 0.111 e. The number of methoxy groups -OCH3 is 1. The normalized spacial score (nSPS) is 13.1. The second-order valence-electron chi connectivity index (χ2n) is 4.77. The lowest BCUT2D eigenvalue weighted by Gasteiger charge is -2.14. The van der Waals surface area contributed by atoms with Crippen LogP contribution in [0.25, 0.3) is 11.0 Å². The number of halogens is 2. The van der Waals surface area contributed by atoms with Gasteiger partial charge in [-0.05, 0) is 24.1 Å². The van der Waals surface area contributed by atoms with E-state index in [0.717, 1.165) is 36.4 Å². The van der Waals surface area contributed by atoms with Crippen molar-refractivity contribution in [3.8, 4) is 0 Å². The van der Waals surface area contributed by atoms with E-state index in [1.165, 1.54) is 0 Å². The summed E-state index contributed by atoms with van der Waals surface area (Å²) in [5.74, 6) is 2.00. The molecular formula is C14H18Cl2N2O. The predicted molar refractivity (Wildman–Crippen MR) is 80.2 cm³/mol. The Bertz CT molecular complexity index is 554. The quantitative estimate of drug-likeness (QED) is 0.760. The SMILES string of the molecule is COCC(C)Cn1c(CCCl)nc2cc(Cl)ccc21. The van der Waals surface area contributed by atoms with Crippen LogP contribution in [0.15, 0.2) is 18.2 Å². The van der Waals surface area contributed by atoms with Crippen LogP contribution in [-0.4, -0.2) is 29.1 Å². The van der Waals surface area contributed by atoms with Crippen molar-refractivity contribution in [3.63, 3.8) is 0 Å². The minimum absolute atomic E-state index is 0.423. The van der Waals surface area contributed by atoms with E-state index in [2.05, 4.69) is 16.5 Å². The number of hydrogen-bond donors (Lipinski definition) is 0. The van der Waals surface area contributed by atoms with Crippen LogP contribution >= 0.6 is 23.2 Å². The average molecular weight is 301 g/mol. The number of aryl methyl sites for hydroxylation is 1. The maximum atomic E-state index is 6.02. The van der Waals surface area contributed by atoms with E-state index in [0.29, 0.717) is 16.8 Å². The van der Waals surface area contributed by atoms with Gasteiger partial charge in [0.05, 0.1) is 17.6 Å². The molecule has 0 aliphatic rings. The maximum Gasteiger partial charge on any atom is 0.111 e. The zero-order chi connectivity index (χ0) is 13.8. The Kier molecular flexibility index (Phi) is 5.08. The molecule has 0 bridgehead atoms. The molecule has 0 aliphatic heterocycles. The van der Waals surface area contributed by atoms with Crippen LogP contribution in [0.3, 0.4) is 0 Å². The Hall–Kier alpha value is -0.770. The fourth-order valence-electron chi connectivity index (χ4n) is 2.28. The highest BCUT2D eigenvalue weighted by atomic mass is 35.5. The summed E-state index contributed by atoms with van der Waals surface area (Å²) in [7, 11) is 1.72. The molecule has 0 saturated heterocycles. The number of benzene rings is 1. The Morgan fingerprint density at radius 1 is 1.42 bits per heavy atom. The Morgan fingerprint density at radius 3 is 2.89 bits per heavy atom. The van der Waals surface area contributed by atoms with Gasteiger partial charge in [0.2, 0.25) is 0 Å². The van der Waals surface area contributed by atoms with Gasteiger partial charge in [-0.25, -0.2) is 4.98 Å². The summed E-state index contributed by atoms with van der Waals surface area (Å²) in [5.41, 5.74) is 2.03. The first-order valence-electron chi connectivity index (χ1n) is 6.35. The van der Waals surface area contributed by atoms with Gasteiger partial charge in [0.1, 0.15) is 5.82 Å². The topological polar surface area (TPSA) is 27.1 Å². The first kappa shape index (κ1) is 14.6. The fraction of sp³-hybridized carbons (Fsp3) is 0.500. The van der Waals surface area contributed by atoms with Gasteiger partial charge in [0, 0.05) is 31.0 Å². The summed E-state index contributed by atoms with van der Waals surface area (Å²) in [6, 6.07) is 5.81. The molecule has 1 atom stereocenters. The van der Waals surface area contributed by atoms with Crippen molar-refractivity contribution in [1.82, 2.24) is 9.55 Å². The van der Waals surface area contributed by atoms with Crippen molar-refractivity contribution < 1.29 is 4.74 Å². The first-order valence-corrected chi connectivity index (χ1v) is 7.26. The highest BCUT2D eigenvalue weighted by molar-refractivity contribution is 6.31. The van der Waals surface area contributed by atoms with E-state index in [4.69, 9.17) is 27.9 Å². The number of imidazole rings is 1. The number of rotatable bonds is 6. The second-order valence-corrected chi connectivity index (χ2v) is 5.59. The Balaban J connectivity index is 2.39. The van der Waals surface area contributed by atoms with Gasteiger partial charge in [-0.2, -0.15) is 0 Å². The van der Waals surface area contributed by atoms with Gasteiger partial charge in [-0.3, -0.25) is 0 Å². The maximum absolute atomic E-state index is 6.02. The van der Waals surface area contributed by atoms with Crippen molar-refractivity contribution in [3.05, 3.63) is 29.0 Å².